The Labute approximate surface area is 146 Å². The number of benzene rings is 1. The molecule has 1 saturated heterocycles. The SMILES string of the molecule is CN1C(=S)N[C@H](c2ccccn2)[C@H]1c1ccc(-c2ccccc2)o1. The third-order valence-corrected chi connectivity index (χ3v) is 4.72. The molecule has 2 atom stereocenters. The summed E-state index contributed by atoms with van der Waals surface area (Å²) in [5, 5.41) is 4.05. The van der Waals surface area contributed by atoms with Crippen molar-refractivity contribution in [2.45, 2.75) is 12.1 Å². The minimum Gasteiger partial charge on any atom is -0.459 e. The van der Waals surface area contributed by atoms with Crippen molar-refractivity contribution in [3.63, 3.8) is 0 Å². The highest BCUT2D eigenvalue weighted by Crippen LogP contribution is 2.39. The van der Waals surface area contributed by atoms with Gasteiger partial charge in [0.05, 0.1) is 11.7 Å². The van der Waals surface area contributed by atoms with Crippen LogP contribution in [-0.4, -0.2) is 22.0 Å². The number of pyridine rings is 1. The van der Waals surface area contributed by atoms with E-state index in [-0.39, 0.29) is 12.1 Å². The van der Waals surface area contributed by atoms with E-state index in [1.54, 1.807) is 6.20 Å². The monoisotopic (exact) mass is 335 g/mol. The van der Waals surface area contributed by atoms with Gasteiger partial charge in [-0.1, -0.05) is 36.4 Å². The van der Waals surface area contributed by atoms with Crippen LogP contribution in [0.15, 0.2) is 71.3 Å². The Bertz CT molecular complexity index is 847. The zero-order chi connectivity index (χ0) is 16.5. The maximum absolute atomic E-state index is 6.16. The lowest BCUT2D eigenvalue weighted by Gasteiger charge is -2.21. The minimum absolute atomic E-state index is 0.0233. The highest BCUT2D eigenvalue weighted by molar-refractivity contribution is 7.80. The summed E-state index contributed by atoms with van der Waals surface area (Å²) in [7, 11) is 1.98. The van der Waals surface area contributed by atoms with Crippen molar-refractivity contribution in [2.75, 3.05) is 7.05 Å². The zero-order valence-electron chi connectivity index (χ0n) is 13.2. The molecule has 3 heterocycles. The maximum atomic E-state index is 6.16. The van der Waals surface area contributed by atoms with Crippen molar-refractivity contribution in [3.05, 3.63) is 78.3 Å². The van der Waals surface area contributed by atoms with Gasteiger partial charge in [-0.3, -0.25) is 4.98 Å². The fourth-order valence-electron chi connectivity index (χ4n) is 3.08. The number of aromatic nitrogens is 1. The van der Waals surface area contributed by atoms with Gasteiger partial charge in [-0.2, -0.15) is 0 Å². The van der Waals surface area contributed by atoms with Gasteiger partial charge in [-0.05, 0) is 36.5 Å². The normalized spacial score (nSPS) is 20.2. The Hall–Kier alpha value is -2.66. The molecule has 0 bridgehead atoms. The molecule has 1 aliphatic heterocycles. The standard InChI is InChI=1S/C19H17N3OS/c1-22-18(17(21-19(22)24)14-9-5-6-12-20-14)16-11-10-15(23-16)13-7-3-2-4-8-13/h2-12,17-18H,1H3,(H,21,24)/t17-,18-/m1/s1. The summed E-state index contributed by atoms with van der Waals surface area (Å²) in [6, 6.07) is 20.0. The van der Waals surface area contributed by atoms with E-state index in [4.69, 9.17) is 16.6 Å². The summed E-state index contributed by atoms with van der Waals surface area (Å²) >= 11 is 5.44. The van der Waals surface area contributed by atoms with Crippen molar-refractivity contribution in [3.8, 4) is 11.3 Å². The van der Waals surface area contributed by atoms with Crippen LogP contribution in [0.3, 0.4) is 0 Å². The molecule has 0 unspecified atom stereocenters. The van der Waals surface area contributed by atoms with Gasteiger partial charge in [0.15, 0.2) is 5.11 Å². The molecule has 1 aromatic carbocycles. The van der Waals surface area contributed by atoms with Crippen LogP contribution in [-0.2, 0) is 0 Å². The third kappa shape index (κ3) is 2.57. The first-order valence-corrected chi connectivity index (χ1v) is 8.24. The second-order valence-electron chi connectivity index (χ2n) is 5.81. The number of nitrogens with zero attached hydrogens (tertiary/aromatic N) is 2. The Morgan fingerprint density at radius 1 is 1.04 bits per heavy atom. The van der Waals surface area contributed by atoms with E-state index in [0.717, 1.165) is 22.8 Å². The third-order valence-electron chi connectivity index (χ3n) is 4.32. The molecule has 120 valence electrons. The van der Waals surface area contributed by atoms with Crippen molar-refractivity contribution in [1.29, 1.82) is 0 Å². The molecule has 1 fully saturated rings. The van der Waals surface area contributed by atoms with Gasteiger partial charge in [-0.15, -0.1) is 0 Å². The first-order chi connectivity index (χ1) is 11.7. The second kappa shape index (κ2) is 6.09. The molecule has 1 aliphatic rings. The van der Waals surface area contributed by atoms with Gasteiger partial charge < -0.3 is 14.6 Å². The summed E-state index contributed by atoms with van der Waals surface area (Å²) < 4.78 is 6.16. The summed E-state index contributed by atoms with van der Waals surface area (Å²) in [6.07, 6.45) is 1.80. The summed E-state index contributed by atoms with van der Waals surface area (Å²) in [5.41, 5.74) is 2.01. The van der Waals surface area contributed by atoms with E-state index in [1.165, 1.54) is 0 Å². The molecule has 2 aromatic heterocycles. The van der Waals surface area contributed by atoms with Crippen molar-refractivity contribution < 1.29 is 4.42 Å². The molecule has 5 heteroatoms. The van der Waals surface area contributed by atoms with Crippen molar-refractivity contribution in [2.24, 2.45) is 0 Å². The highest BCUT2D eigenvalue weighted by Gasteiger charge is 2.39. The average Bonchev–Trinajstić information content (AvgIpc) is 3.22. The highest BCUT2D eigenvalue weighted by atomic mass is 32.1. The van der Waals surface area contributed by atoms with Crippen molar-refractivity contribution in [1.82, 2.24) is 15.2 Å². The largest absolute Gasteiger partial charge is 0.459 e. The Kier molecular flexibility index (Phi) is 3.78. The first kappa shape index (κ1) is 14.9. The average molecular weight is 335 g/mol. The number of rotatable bonds is 3. The Morgan fingerprint density at radius 2 is 1.83 bits per heavy atom. The molecule has 0 radical (unpaired) electrons. The molecule has 0 saturated carbocycles. The molecule has 4 rings (SSSR count). The van der Waals surface area contributed by atoms with Crippen molar-refractivity contribution >= 4 is 17.3 Å². The summed E-state index contributed by atoms with van der Waals surface area (Å²) in [6.45, 7) is 0. The summed E-state index contributed by atoms with van der Waals surface area (Å²) in [4.78, 5) is 6.51. The molecule has 3 aromatic rings. The van der Waals surface area contributed by atoms with Crippen LogP contribution in [0.2, 0.25) is 0 Å². The maximum Gasteiger partial charge on any atom is 0.170 e. The number of hydrogen-bond acceptors (Lipinski definition) is 3. The van der Waals surface area contributed by atoms with Crippen LogP contribution in [0.1, 0.15) is 23.5 Å². The number of thiocarbonyl (C=S) groups is 1. The van der Waals surface area contributed by atoms with Gasteiger partial charge in [0.25, 0.3) is 0 Å². The van der Waals surface area contributed by atoms with Crippen LogP contribution < -0.4 is 5.32 Å². The molecule has 0 amide bonds. The van der Waals surface area contributed by atoms with Gasteiger partial charge in [-0.25, -0.2) is 0 Å². The number of hydrogen-bond donors (Lipinski definition) is 1. The molecular formula is C19H17N3OS. The van der Waals surface area contributed by atoms with Crippen LogP contribution in [0.5, 0.6) is 0 Å². The van der Waals surface area contributed by atoms with Crippen LogP contribution >= 0.6 is 12.2 Å². The Balaban J connectivity index is 1.71. The molecule has 24 heavy (non-hydrogen) atoms. The van der Waals surface area contributed by atoms with Gasteiger partial charge in [0.1, 0.15) is 17.6 Å². The predicted molar refractivity (Wildman–Crippen MR) is 97.4 cm³/mol. The van der Waals surface area contributed by atoms with Gasteiger partial charge in [0.2, 0.25) is 0 Å². The smallest absolute Gasteiger partial charge is 0.170 e. The molecular weight excluding hydrogens is 318 g/mol. The van der Waals surface area contributed by atoms with Crippen LogP contribution in [0.4, 0.5) is 0 Å². The van der Waals surface area contributed by atoms with E-state index in [1.807, 2.05) is 72.6 Å². The van der Waals surface area contributed by atoms with Gasteiger partial charge >= 0.3 is 0 Å². The van der Waals surface area contributed by atoms with E-state index in [0.29, 0.717) is 5.11 Å². The zero-order valence-corrected chi connectivity index (χ0v) is 14.0. The van der Waals surface area contributed by atoms with Crippen LogP contribution in [0, 0.1) is 0 Å². The van der Waals surface area contributed by atoms with Gasteiger partial charge in [0, 0.05) is 18.8 Å². The molecule has 4 nitrogen and oxygen atoms in total. The second-order valence-corrected chi connectivity index (χ2v) is 6.19. The number of nitrogens with one attached hydrogen (secondary N) is 1. The van der Waals surface area contributed by atoms with Crippen LogP contribution in [0.25, 0.3) is 11.3 Å². The molecule has 0 aliphatic carbocycles. The predicted octanol–water partition coefficient (Wildman–Crippen LogP) is 3.94. The number of furan rings is 1. The first-order valence-electron chi connectivity index (χ1n) is 7.83. The topological polar surface area (TPSA) is 41.3 Å². The van der Waals surface area contributed by atoms with E-state index < -0.39 is 0 Å². The lowest BCUT2D eigenvalue weighted by atomic mass is 10.0. The summed E-state index contributed by atoms with van der Waals surface area (Å²) in [5.74, 6) is 1.73. The van der Waals surface area contributed by atoms with E-state index in [2.05, 4.69) is 10.3 Å². The quantitative estimate of drug-likeness (QED) is 0.734. The molecule has 0 spiro atoms. The minimum atomic E-state index is -0.0292. The Morgan fingerprint density at radius 3 is 2.58 bits per heavy atom. The number of likely N-dealkylation sites (N-methyl/N-ethyl adjacent to an activating group) is 1. The lowest BCUT2D eigenvalue weighted by Crippen LogP contribution is -2.24. The van der Waals surface area contributed by atoms with E-state index in [9.17, 15) is 0 Å². The molecule has 1 N–H and O–H groups in total. The fourth-order valence-corrected chi connectivity index (χ4v) is 3.32. The lowest BCUT2D eigenvalue weighted by molar-refractivity contribution is 0.310. The van der Waals surface area contributed by atoms with E-state index >= 15 is 0 Å². The fraction of sp³-hybridized carbons (Fsp3) is 0.158.